The lowest BCUT2D eigenvalue weighted by Gasteiger charge is -2.13. The fourth-order valence-electron chi connectivity index (χ4n) is 2.48. The van der Waals surface area contributed by atoms with Gasteiger partial charge in [0.1, 0.15) is 0 Å². The summed E-state index contributed by atoms with van der Waals surface area (Å²) in [7, 11) is 0. The van der Waals surface area contributed by atoms with Gasteiger partial charge in [0.05, 0.1) is 11.9 Å². The fourth-order valence-corrected chi connectivity index (χ4v) is 2.48. The molecule has 0 radical (unpaired) electrons. The summed E-state index contributed by atoms with van der Waals surface area (Å²) in [6.45, 7) is 3.26. The highest BCUT2D eigenvalue weighted by Gasteiger charge is 2.15. The first-order chi connectivity index (χ1) is 11.5. The molecule has 2 aromatic carbocycles. The van der Waals surface area contributed by atoms with Gasteiger partial charge in [-0.1, -0.05) is 48.0 Å². The van der Waals surface area contributed by atoms with E-state index in [1.807, 2.05) is 55.5 Å². The molecule has 0 saturated heterocycles. The maximum Gasteiger partial charge on any atom is 0.252 e. The van der Waals surface area contributed by atoms with Crippen molar-refractivity contribution in [2.75, 3.05) is 0 Å². The normalized spacial score (nSPS) is 10.6. The van der Waals surface area contributed by atoms with E-state index < -0.39 is 17.0 Å². The summed E-state index contributed by atoms with van der Waals surface area (Å²) in [5.41, 5.74) is 2.62. The number of para-hydroxylation sites is 1. The zero-order chi connectivity index (χ0) is 17.3. The molecule has 120 valence electrons. The Kier molecular flexibility index (Phi) is 4.00. The van der Waals surface area contributed by atoms with Gasteiger partial charge in [-0.15, -0.1) is 0 Å². The molecule has 0 bridgehead atoms. The summed E-state index contributed by atoms with van der Waals surface area (Å²) >= 11 is 0. The van der Waals surface area contributed by atoms with Gasteiger partial charge in [0.15, 0.2) is 17.2 Å². The van der Waals surface area contributed by atoms with E-state index in [4.69, 9.17) is 0 Å². The minimum absolute atomic E-state index is 0.284. The molecule has 1 N–H and O–H groups in total. The van der Waals surface area contributed by atoms with Gasteiger partial charge in [-0.05, 0) is 18.6 Å². The summed E-state index contributed by atoms with van der Waals surface area (Å²) in [6, 6.07) is 15.4. The van der Waals surface area contributed by atoms with Crippen LogP contribution < -0.4 is 5.43 Å². The van der Waals surface area contributed by atoms with E-state index >= 15 is 0 Å². The first-order valence-corrected chi connectivity index (χ1v) is 7.47. The second-order valence-corrected chi connectivity index (χ2v) is 5.58. The van der Waals surface area contributed by atoms with Crippen LogP contribution in [0.4, 0.5) is 0 Å². The highest BCUT2D eigenvalue weighted by atomic mass is 16.3. The number of hydrogen-bond acceptors (Lipinski definition) is 4. The molecular formula is C19H16N2O3. The van der Waals surface area contributed by atoms with Gasteiger partial charge in [-0.25, -0.2) is 4.68 Å². The molecular weight excluding hydrogens is 304 g/mol. The number of ketones is 1. The van der Waals surface area contributed by atoms with Gasteiger partial charge in [0.2, 0.25) is 0 Å². The Labute approximate surface area is 138 Å². The molecule has 0 unspecified atom stereocenters. The van der Waals surface area contributed by atoms with Crippen LogP contribution in [0.2, 0.25) is 0 Å². The molecule has 1 heterocycles. The van der Waals surface area contributed by atoms with Crippen LogP contribution in [0.25, 0.3) is 16.8 Å². The Morgan fingerprint density at radius 3 is 2.42 bits per heavy atom. The number of carbonyl (C=O) groups is 1. The van der Waals surface area contributed by atoms with Gasteiger partial charge in [0, 0.05) is 12.5 Å². The monoisotopic (exact) mass is 320 g/mol. The van der Waals surface area contributed by atoms with Crippen LogP contribution >= 0.6 is 0 Å². The Hall–Kier alpha value is -3.21. The number of aryl methyl sites for hydroxylation is 1. The topological polar surface area (TPSA) is 72.2 Å². The molecule has 0 aliphatic rings. The SMILES string of the molecule is CC(=O)c1nn(-c2ccccc2-c2ccc(C)cc2)cc(O)c1=O. The number of carbonyl (C=O) groups excluding carboxylic acids is 1. The zero-order valence-electron chi connectivity index (χ0n) is 13.4. The fraction of sp³-hybridized carbons (Fsp3) is 0.105. The summed E-state index contributed by atoms with van der Waals surface area (Å²) < 4.78 is 1.36. The van der Waals surface area contributed by atoms with Crippen LogP contribution in [-0.2, 0) is 0 Å². The third-order valence-corrected chi connectivity index (χ3v) is 3.75. The van der Waals surface area contributed by atoms with Gasteiger partial charge >= 0.3 is 0 Å². The molecule has 24 heavy (non-hydrogen) atoms. The smallest absolute Gasteiger partial charge is 0.252 e. The first kappa shape index (κ1) is 15.7. The molecule has 3 aromatic rings. The van der Waals surface area contributed by atoms with Gasteiger partial charge in [-0.2, -0.15) is 5.10 Å². The molecule has 1 aromatic heterocycles. The standard InChI is InChI=1S/C19H16N2O3/c1-12-7-9-14(10-8-12)15-5-3-4-6-16(15)21-11-17(23)19(24)18(20-21)13(2)22/h3-11,23H,1-2H3. The quantitative estimate of drug-likeness (QED) is 0.753. The highest BCUT2D eigenvalue weighted by Crippen LogP contribution is 2.26. The van der Waals surface area contributed by atoms with Gasteiger partial charge in [-0.3, -0.25) is 9.59 Å². The van der Waals surface area contributed by atoms with Crippen molar-refractivity contribution in [2.45, 2.75) is 13.8 Å². The van der Waals surface area contributed by atoms with Crippen molar-refractivity contribution >= 4 is 5.78 Å². The number of aromatic hydroxyl groups is 1. The van der Waals surface area contributed by atoms with E-state index in [1.54, 1.807) is 0 Å². The van der Waals surface area contributed by atoms with Crippen molar-refractivity contribution in [3.8, 4) is 22.6 Å². The average Bonchev–Trinajstić information content (AvgIpc) is 2.57. The van der Waals surface area contributed by atoms with E-state index in [2.05, 4.69) is 5.10 Å². The third-order valence-electron chi connectivity index (χ3n) is 3.75. The molecule has 0 aliphatic heterocycles. The van der Waals surface area contributed by atoms with Crippen molar-refractivity contribution in [1.82, 2.24) is 9.78 Å². The van der Waals surface area contributed by atoms with Crippen molar-refractivity contribution in [2.24, 2.45) is 0 Å². The second kappa shape index (κ2) is 6.12. The molecule has 0 amide bonds. The molecule has 3 rings (SSSR count). The lowest BCUT2D eigenvalue weighted by Crippen LogP contribution is -2.20. The maximum atomic E-state index is 11.8. The zero-order valence-corrected chi connectivity index (χ0v) is 13.4. The first-order valence-electron chi connectivity index (χ1n) is 7.47. The number of rotatable bonds is 3. The lowest BCUT2D eigenvalue weighted by molar-refractivity contribution is 0.100. The van der Waals surface area contributed by atoms with Crippen LogP contribution in [0.5, 0.6) is 5.75 Å². The summed E-state index contributed by atoms with van der Waals surface area (Å²) in [6.07, 6.45) is 1.22. The summed E-state index contributed by atoms with van der Waals surface area (Å²) in [4.78, 5) is 23.4. The van der Waals surface area contributed by atoms with Crippen molar-refractivity contribution in [3.63, 3.8) is 0 Å². The number of nitrogens with zero attached hydrogens (tertiary/aromatic N) is 2. The summed E-state index contributed by atoms with van der Waals surface area (Å²) in [5, 5.41) is 14.0. The van der Waals surface area contributed by atoms with Crippen LogP contribution in [0.3, 0.4) is 0 Å². The van der Waals surface area contributed by atoms with E-state index in [0.717, 1.165) is 16.7 Å². The number of benzene rings is 2. The minimum Gasteiger partial charge on any atom is -0.503 e. The molecule has 0 aliphatic carbocycles. The van der Waals surface area contributed by atoms with E-state index in [1.165, 1.54) is 17.8 Å². The second-order valence-electron chi connectivity index (χ2n) is 5.58. The van der Waals surface area contributed by atoms with Crippen molar-refractivity contribution in [3.05, 3.63) is 76.2 Å². The lowest BCUT2D eigenvalue weighted by atomic mass is 10.0. The Morgan fingerprint density at radius 2 is 1.75 bits per heavy atom. The van der Waals surface area contributed by atoms with Crippen molar-refractivity contribution < 1.29 is 9.90 Å². The number of Topliss-reactive ketones (excluding diaryl/α,β-unsaturated/α-hetero) is 1. The van der Waals surface area contributed by atoms with E-state index in [-0.39, 0.29) is 5.69 Å². The predicted octanol–water partition coefficient (Wildman–Crippen LogP) is 3.12. The highest BCUT2D eigenvalue weighted by molar-refractivity contribution is 5.92. The number of aromatic nitrogens is 2. The third kappa shape index (κ3) is 2.84. The molecule has 5 heteroatoms. The Morgan fingerprint density at radius 1 is 1.08 bits per heavy atom. The summed E-state index contributed by atoms with van der Waals surface area (Å²) in [5.74, 6) is -0.994. The van der Waals surface area contributed by atoms with Crippen LogP contribution in [0.15, 0.2) is 59.5 Å². The molecule has 0 saturated carbocycles. The minimum atomic E-state index is -0.758. The Bertz CT molecular complexity index is 973. The van der Waals surface area contributed by atoms with E-state index in [0.29, 0.717) is 5.69 Å². The van der Waals surface area contributed by atoms with Crippen LogP contribution in [0, 0.1) is 6.92 Å². The number of hydrogen-bond donors (Lipinski definition) is 1. The molecule has 0 fully saturated rings. The van der Waals surface area contributed by atoms with Crippen molar-refractivity contribution in [1.29, 1.82) is 0 Å². The largest absolute Gasteiger partial charge is 0.503 e. The van der Waals surface area contributed by atoms with Crippen LogP contribution in [0.1, 0.15) is 23.0 Å². The van der Waals surface area contributed by atoms with Crippen LogP contribution in [-0.4, -0.2) is 20.7 Å². The van der Waals surface area contributed by atoms with E-state index in [9.17, 15) is 14.7 Å². The molecule has 0 atom stereocenters. The van der Waals surface area contributed by atoms with Gasteiger partial charge < -0.3 is 5.11 Å². The maximum absolute atomic E-state index is 11.8. The predicted molar refractivity (Wildman–Crippen MR) is 91.7 cm³/mol. The molecule has 0 spiro atoms. The molecule has 5 nitrogen and oxygen atoms in total. The average molecular weight is 320 g/mol. The Balaban J connectivity index is 2.23. The van der Waals surface area contributed by atoms with Gasteiger partial charge in [0.25, 0.3) is 5.43 Å².